The molecule has 4 heteroatoms. The van der Waals surface area contributed by atoms with Gasteiger partial charge in [0.1, 0.15) is 5.69 Å². The van der Waals surface area contributed by atoms with Gasteiger partial charge in [-0.15, -0.1) is 11.3 Å². The van der Waals surface area contributed by atoms with Crippen LogP contribution < -0.4 is 0 Å². The predicted octanol–water partition coefficient (Wildman–Crippen LogP) is 3.02. The van der Waals surface area contributed by atoms with Crippen molar-refractivity contribution >= 4 is 33.9 Å². The lowest BCUT2D eigenvalue weighted by molar-refractivity contribution is 1.33. The lowest BCUT2D eigenvalue weighted by atomic mass is 10.1. The number of halogens is 1. The molecule has 0 spiro atoms. The number of nitriles is 1. The number of aromatic nitrogens is 1. The van der Waals surface area contributed by atoms with Gasteiger partial charge in [-0.1, -0.05) is 12.0 Å². The Morgan fingerprint density at radius 2 is 2.06 bits per heavy atom. The first kappa shape index (κ1) is 11.1. The molecule has 1 aromatic heterocycles. The molecule has 76 valence electrons. The highest BCUT2D eigenvalue weighted by atomic mass is 127. The van der Waals surface area contributed by atoms with Crippen LogP contribution in [0.1, 0.15) is 16.8 Å². The highest BCUT2D eigenvalue weighted by molar-refractivity contribution is 14.1. The normalized spacial score (nSPS) is 9.00. The average Bonchev–Trinajstić information content (AvgIpc) is 2.73. The number of hydrogen-bond acceptors (Lipinski definition) is 3. The first-order valence-electron chi connectivity index (χ1n) is 4.41. The van der Waals surface area contributed by atoms with Gasteiger partial charge in [0.05, 0.1) is 11.6 Å². The SMILES string of the molecule is N#Cc1cccc(C#Cc2csc(I)n2)c1. The lowest BCUT2D eigenvalue weighted by Crippen LogP contribution is -1.78. The van der Waals surface area contributed by atoms with E-state index in [4.69, 9.17) is 5.26 Å². The Balaban J connectivity index is 2.27. The van der Waals surface area contributed by atoms with Crippen molar-refractivity contribution in [3.63, 3.8) is 0 Å². The quantitative estimate of drug-likeness (QED) is 0.548. The molecule has 0 atom stereocenters. The predicted molar refractivity (Wildman–Crippen MR) is 72.0 cm³/mol. The summed E-state index contributed by atoms with van der Waals surface area (Å²) in [5.41, 5.74) is 2.23. The van der Waals surface area contributed by atoms with Crippen molar-refractivity contribution in [2.45, 2.75) is 0 Å². The number of nitrogens with zero attached hydrogens (tertiary/aromatic N) is 2. The van der Waals surface area contributed by atoms with Gasteiger partial charge < -0.3 is 0 Å². The van der Waals surface area contributed by atoms with Crippen molar-refractivity contribution in [3.05, 3.63) is 49.5 Å². The summed E-state index contributed by atoms with van der Waals surface area (Å²) in [6.07, 6.45) is 0. The standard InChI is InChI=1S/C12H5IN2S/c13-12-15-11(8-16-12)5-4-9-2-1-3-10(6-9)7-14/h1-3,6,8H. The first-order valence-corrected chi connectivity index (χ1v) is 6.37. The maximum absolute atomic E-state index is 8.74. The van der Waals surface area contributed by atoms with E-state index in [1.807, 2.05) is 17.5 Å². The highest BCUT2D eigenvalue weighted by Crippen LogP contribution is 2.11. The van der Waals surface area contributed by atoms with Gasteiger partial charge in [0.25, 0.3) is 0 Å². The minimum Gasteiger partial charge on any atom is -0.222 e. The van der Waals surface area contributed by atoms with Crippen LogP contribution in [0.15, 0.2) is 29.6 Å². The molecule has 1 aromatic carbocycles. The molecule has 2 aromatic rings. The summed E-state index contributed by atoms with van der Waals surface area (Å²) in [5.74, 6) is 5.96. The molecule has 0 bridgehead atoms. The van der Waals surface area contributed by atoms with Crippen LogP contribution in [0.25, 0.3) is 0 Å². The fourth-order valence-corrected chi connectivity index (χ4v) is 2.22. The second-order valence-electron chi connectivity index (χ2n) is 2.93. The van der Waals surface area contributed by atoms with Crippen LogP contribution in [0.3, 0.4) is 0 Å². The van der Waals surface area contributed by atoms with E-state index in [1.54, 1.807) is 23.5 Å². The van der Waals surface area contributed by atoms with Gasteiger partial charge >= 0.3 is 0 Å². The van der Waals surface area contributed by atoms with E-state index in [-0.39, 0.29) is 0 Å². The molecule has 0 aliphatic rings. The van der Waals surface area contributed by atoms with Crippen molar-refractivity contribution in [3.8, 4) is 17.9 Å². The molecule has 0 aliphatic carbocycles. The third-order valence-corrected chi connectivity index (χ3v) is 3.43. The van der Waals surface area contributed by atoms with Crippen molar-refractivity contribution in [1.82, 2.24) is 4.98 Å². The third-order valence-electron chi connectivity index (χ3n) is 1.80. The van der Waals surface area contributed by atoms with Crippen LogP contribution in [-0.4, -0.2) is 4.98 Å². The summed E-state index contributed by atoms with van der Waals surface area (Å²) >= 11 is 3.73. The maximum atomic E-state index is 8.74. The van der Waals surface area contributed by atoms with Gasteiger partial charge in [-0.3, -0.25) is 0 Å². The zero-order valence-corrected chi connectivity index (χ0v) is 11.0. The second kappa shape index (κ2) is 5.11. The number of hydrogen-bond donors (Lipinski definition) is 0. The molecule has 0 saturated heterocycles. The highest BCUT2D eigenvalue weighted by Gasteiger charge is 1.94. The molecule has 16 heavy (non-hydrogen) atoms. The topological polar surface area (TPSA) is 36.7 Å². The van der Waals surface area contributed by atoms with Gasteiger partial charge in [-0.2, -0.15) is 5.26 Å². The van der Waals surface area contributed by atoms with E-state index < -0.39 is 0 Å². The monoisotopic (exact) mass is 336 g/mol. The molecular formula is C12H5IN2S. The molecule has 0 amide bonds. The summed E-state index contributed by atoms with van der Waals surface area (Å²) in [6, 6.07) is 9.32. The molecule has 0 N–H and O–H groups in total. The molecule has 0 fully saturated rings. The molecule has 0 unspecified atom stereocenters. The minimum absolute atomic E-state index is 0.625. The minimum atomic E-state index is 0.625. The number of benzene rings is 1. The number of thiazole rings is 1. The van der Waals surface area contributed by atoms with Gasteiger partial charge in [0.2, 0.25) is 0 Å². The molecule has 1 heterocycles. The summed E-state index contributed by atoms with van der Waals surface area (Å²) in [5, 5.41) is 10.7. The van der Waals surface area contributed by atoms with Crippen LogP contribution in [0.5, 0.6) is 0 Å². The summed E-state index contributed by atoms with van der Waals surface area (Å²) in [6.45, 7) is 0. The van der Waals surface area contributed by atoms with Crippen molar-refractivity contribution in [1.29, 1.82) is 5.26 Å². The molecule has 2 rings (SSSR count). The Hall–Kier alpha value is -1.37. The third kappa shape index (κ3) is 2.82. The zero-order valence-electron chi connectivity index (χ0n) is 8.07. The van der Waals surface area contributed by atoms with Crippen LogP contribution in [-0.2, 0) is 0 Å². The van der Waals surface area contributed by atoms with Crippen molar-refractivity contribution in [2.24, 2.45) is 0 Å². The molecule has 0 radical (unpaired) electrons. The van der Waals surface area contributed by atoms with E-state index in [1.165, 1.54) is 0 Å². The van der Waals surface area contributed by atoms with E-state index >= 15 is 0 Å². The fraction of sp³-hybridized carbons (Fsp3) is 0. The van der Waals surface area contributed by atoms with Crippen LogP contribution in [0.2, 0.25) is 0 Å². The van der Waals surface area contributed by atoms with E-state index in [0.717, 1.165) is 14.3 Å². The summed E-state index contributed by atoms with van der Waals surface area (Å²) in [4.78, 5) is 4.23. The van der Waals surface area contributed by atoms with Crippen LogP contribution >= 0.6 is 33.9 Å². The lowest BCUT2D eigenvalue weighted by Gasteiger charge is -1.89. The Bertz CT molecular complexity index is 614. The average molecular weight is 336 g/mol. The Labute approximate surface area is 111 Å². The van der Waals surface area contributed by atoms with Crippen molar-refractivity contribution < 1.29 is 0 Å². The van der Waals surface area contributed by atoms with Crippen LogP contribution in [0.4, 0.5) is 0 Å². The Morgan fingerprint density at radius 1 is 1.25 bits per heavy atom. The molecule has 0 aliphatic heterocycles. The Morgan fingerprint density at radius 3 is 2.75 bits per heavy atom. The van der Waals surface area contributed by atoms with Gasteiger partial charge in [0, 0.05) is 10.9 Å². The second-order valence-corrected chi connectivity index (χ2v) is 5.54. The molecular weight excluding hydrogens is 331 g/mol. The van der Waals surface area contributed by atoms with Gasteiger partial charge in [-0.25, -0.2) is 4.98 Å². The van der Waals surface area contributed by atoms with E-state index in [9.17, 15) is 0 Å². The van der Waals surface area contributed by atoms with E-state index in [0.29, 0.717) is 5.56 Å². The first-order chi connectivity index (χ1) is 7.78. The van der Waals surface area contributed by atoms with E-state index in [2.05, 4.69) is 45.5 Å². The molecule has 2 nitrogen and oxygen atoms in total. The maximum Gasteiger partial charge on any atom is 0.155 e. The van der Waals surface area contributed by atoms with Gasteiger partial charge in [0.15, 0.2) is 3.01 Å². The summed E-state index contributed by atoms with van der Waals surface area (Å²) in [7, 11) is 0. The Kier molecular flexibility index (Phi) is 3.55. The van der Waals surface area contributed by atoms with Crippen molar-refractivity contribution in [2.75, 3.05) is 0 Å². The van der Waals surface area contributed by atoms with Gasteiger partial charge in [-0.05, 0) is 46.7 Å². The largest absolute Gasteiger partial charge is 0.222 e. The number of rotatable bonds is 0. The smallest absolute Gasteiger partial charge is 0.155 e. The molecule has 0 saturated carbocycles. The summed E-state index contributed by atoms with van der Waals surface area (Å²) < 4.78 is 0.979. The fourth-order valence-electron chi connectivity index (χ4n) is 1.11. The zero-order chi connectivity index (χ0) is 11.4. The van der Waals surface area contributed by atoms with Crippen LogP contribution in [0, 0.1) is 26.2 Å².